The molecular formula is C13H17NO4. The Morgan fingerprint density at radius 1 is 1.11 bits per heavy atom. The molecule has 0 bridgehead atoms. The van der Waals surface area contributed by atoms with E-state index in [9.17, 15) is 9.59 Å². The Morgan fingerprint density at radius 3 is 2.17 bits per heavy atom. The Hall–Kier alpha value is -2.04. The van der Waals surface area contributed by atoms with Crippen LogP contribution >= 0.6 is 0 Å². The molecule has 0 saturated heterocycles. The Labute approximate surface area is 106 Å². The van der Waals surface area contributed by atoms with E-state index in [2.05, 4.69) is 4.74 Å². The topological polar surface area (TPSA) is 55.8 Å². The molecule has 5 heteroatoms. The van der Waals surface area contributed by atoms with Gasteiger partial charge in [-0.05, 0) is 37.1 Å². The number of carbonyl (C=O) groups is 2. The van der Waals surface area contributed by atoms with E-state index in [1.807, 2.05) is 19.9 Å². The first-order valence-corrected chi connectivity index (χ1v) is 5.43. The van der Waals surface area contributed by atoms with Crippen molar-refractivity contribution in [2.24, 2.45) is 0 Å². The molecule has 1 rings (SSSR count). The van der Waals surface area contributed by atoms with Crippen molar-refractivity contribution in [2.75, 3.05) is 26.2 Å². The molecule has 0 heterocycles. The smallest absolute Gasteiger partial charge is 0.397 e. The third-order valence-electron chi connectivity index (χ3n) is 2.82. The van der Waals surface area contributed by atoms with E-state index in [1.54, 1.807) is 6.07 Å². The molecule has 0 unspecified atom stereocenters. The lowest BCUT2D eigenvalue weighted by molar-refractivity contribution is -0.151. The molecule has 0 spiro atoms. The number of aryl methyl sites for hydroxylation is 2. The van der Waals surface area contributed by atoms with Crippen LogP contribution in [0.4, 0.5) is 5.69 Å². The fourth-order valence-electron chi connectivity index (χ4n) is 1.53. The Kier molecular flexibility index (Phi) is 4.31. The highest BCUT2D eigenvalue weighted by Crippen LogP contribution is 2.30. The second-order valence-corrected chi connectivity index (χ2v) is 3.96. The number of ether oxygens (including phenoxy) is 2. The zero-order valence-corrected chi connectivity index (χ0v) is 11.2. The lowest BCUT2D eigenvalue weighted by Crippen LogP contribution is -2.34. The van der Waals surface area contributed by atoms with Crippen LogP contribution in [-0.2, 0) is 14.3 Å². The molecule has 1 aromatic rings. The lowest BCUT2D eigenvalue weighted by atomic mass is 10.1. The van der Waals surface area contributed by atoms with Gasteiger partial charge in [0, 0.05) is 7.05 Å². The maximum absolute atomic E-state index is 11.7. The normalized spacial score (nSPS) is 9.83. The predicted molar refractivity (Wildman–Crippen MR) is 67.9 cm³/mol. The largest absolute Gasteiger partial charge is 0.495 e. The van der Waals surface area contributed by atoms with Crippen molar-refractivity contribution in [1.82, 2.24) is 0 Å². The number of hydrogen-bond acceptors (Lipinski definition) is 4. The maximum Gasteiger partial charge on any atom is 0.397 e. The third kappa shape index (κ3) is 2.61. The summed E-state index contributed by atoms with van der Waals surface area (Å²) in [6.45, 7) is 3.87. The predicted octanol–water partition coefficient (Wildman–Crippen LogP) is 1.45. The van der Waals surface area contributed by atoms with Gasteiger partial charge in [-0.15, -0.1) is 0 Å². The summed E-state index contributed by atoms with van der Waals surface area (Å²) in [7, 11) is 4.20. The van der Waals surface area contributed by atoms with Crippen molar-refractivity contribution in [2.45, 2.75) is 13.8 Å². The third-order valence-corrected chi connectivity index (χ3v) is 2.82. The summed E-state index contributed by atoms with van der Waals surface area (Å²) in [5.41, 5.74) is 2.60. The first-order valence-electron chi connectivity index (χ1n) is 5.43. The van der Waals surface area contributed by atoms with Crippen LogP contribution in [0.5, 0.6) is 5.75 Å². The van der Waals surface area contributed by atoms with Gasteiger partial charge in [0.25, 0.3) is 0 Å². The number of anilines is 1. The minimum Gasteiger partial charge on any atom is -0.495 e. The van der Waals surface area contributed by atoms with Gasteiger partial charge in [0.15, 0.2) is 0 Å². The second-order valence-electron chi connectivity index (χ2n) is 3.96. The number of amides is 1. The minimum atomic E-state index is -0.905. The van der Waals surface area contributed by atoms with E-state index in [0.29, 0.717) is 11.4 Å². The van der Waals surface area contributed by atoms with E-state index in [4.69, 9.17) is 4.74 Å². The van der Waals surface area contributed by atoms with Crippen molar-refractivity contribution >= 4 is 17.6 Å². The molecule has 5 nitrogen and oxygen atoms in total. The molecule has 0 N–H and O–H groups in total. The van der Waals surface area contributed by atoms with Crippen LogP contribution in [0.15, 0.2) is 12.1 Å². The monoisotopic (exact) mass is 251 g/mol. The van der Waals surface area contributed by atoms with Crippen molar-refractivity contribution in [3.63, 3.8) is 0 Å². The number of rotatable bonds is 2. The van der Waals surface area contributed by atoms with Crippen LogP contribution in [0.1, 0.15) is 11.1 Å². The summed E-state index contributed by atoms with van der Waals surface area (Å²) in [4.78, 5) is 24.2. The Balaban J connectivity index is 3.20. The highest BCUT2D eigenvalue weighted by atomic mass is 16.5. The quantitative estimate of drug-likeness (QED) is 0.589. The molecule has 0 aliphatic heterocycles. The van der Waals surface area contributed by atoms with Crippen LogP contribution in [0.25, 0.3) is 0 Å². The summed E-state index contributed by atoms with van der Waals surface area (Å²) < 4.78 is 9.63. The molecule has 0 aromatic heterocycles. The van der Waals surface area contributed by atoms with E-state index < -0.39 is 11.9 Å². The van der Waals surface area contributed by atoms with Gasteiger partial charge in [-0.3, -0.25) is 4.79 Å². The standard InChI is InChI=1S/C13H17NO4/c1-8-6-10(11(17-4)7-9(8)2)14(3)12(15)13(16)18-5/h6-7H,1-5H3. The van der Waals surface area contributed by atoms with Crippen molar-refractivity contribution < 1.29 is 19.1 Å². The zero-order valence-electron chi connectivity index (χ0n) is 11.2. The van der Waals surface area contributed by atoms with Crippen molar-refractivity contribution in [3.8, 4) is 5.75 Å². The summed E-state index contributed by atoms with van der Waals surface area (Å²) in [6.07, 6.45) is 0. The molecule has 0 saturated carbocycles. The molecule has 1 aromatic carbocycles. The number of methoxy groups -OCH3 is 2. The van der Waals surface area contributed by atoms with Crippen LogP contribution in [0.2, 0.25) is 0 Å². The lowest BCUT2D eigenvalue weighted by Gasteiger charge is -2.20. The van der Waals surface area contributed by atoms with Crippen LogP contribution in [0, 0.1) is 13.8 Å². The van der Waals surface area contributed by atoms with Gasteiger partial charge in [-0.1, -0.05) is 0 Å². The van der Waals surface area contributed by atoms with Crippen LogP contribution < -0.4 is 9.64 Å². The Bertz CT molecular complexity index is 482. The van der Waals surface area contributed by atoms with E-state index in [-0.39, 0.29) is 0 Å². The van der Waals surface area contributed by atoms with E-state index in [1.165, 1.54) is 26.2 Å². The van der Waals surface area contributed by atoms with Gasteiger partial charge in [-0.25, -0.2) is 4.79 Å². The summed E-state index contributed by atoms with van der Waals surface area (Å²) >= 11 is 0. The van der Waals surface area contributed by atoms with Gasteiger partial charge in [-0.2, -0.15) is 0 Å². The SMILES string of the molecule is COC(=O)C(=O)N(C)c1cc(C)c(C)cc1OC. The molecule has 0 atom stereocenters. The average Bonchev–Trinajstić information content (AvgIpc) is 2.38. The van der Waals surface area contributed by atoms with Gasteiger partial charge < -0.3 is 14.4 Å². The fraction of sp³-hybridized carbons (Fsp3) is 0.385. The highest BCUT2D eigenvalue weighted by Gasteiger charge is 2.23. The molecule has 0 aliphatic rings. The Morgan fingerprint density at radius 2 is 1.67 bits per heavy atom. The summed E-state index contributed by atoms with van der Waals surface area (Å²) in [5.74, 6) is -1.10. The zero-order chi connectivity index (χ0) is 13.9. The van der Waals surface area contributed by atoms with Gasteiger partial charge in [0.1, 0.15) is 5.75 Å². The number of benzene rings is 1. The van der Waals surface area contributed by atoms with Crippen LogP contribution in [0.3, 0.4) is 0 Å². The number of nitrogens with zero attached hydrogens (tertiary/aromatic N) is 1. The molecule has 0 fully saturated rings. The number of esters is 1. The van der Waals surface area contributed by atoms with Gasteiger partial charge >= 0.3 is 11.9 Å². The van der Waals surface area contributed by atoms with Crippen LogP contribution in [-0.4, -0.2) is 33.1 Å². The highest BCUT2D eigenvalue weighted by molar-refractivity contribution is 6.38. The van der Waals surface area contributed by atoms with Gasteiger partial charge in [0.05, 0.1) is 19.9 Å². The maximum atomic E-state index is 11.7. The molecule has 0 aliphatic carbocycles. The molecule has 0 radical (unpaired) electrons. The number of carbonyl (C=O) groups excluding carboxylic acids is 2. The molecule has 1 amide bonds. The molecule has 18 heavy (non-hydrogen) atoms. The number of likely N-dealkylation sites (N-methyl/N-ethyl adjacent to an activating group) is 1. The van der Waals surface area contributed by atoms with E-state index in [0.717, 1.165) is 11.1 Å². The fourth-order valence-corrected chi connectivity index (χ4v) is 1.53. The summed E-state index contributed by atoms with van der Waals surface area (Å²) in [5, 5.41) is 0. The van der Waals surface area contributed by atoms with Crippen molar-refractivity contribution in [1.29, 1.82) is 0 Å². The number of hydrogen-bond donors (Lipinski definition) is 0. The van der Waals surface area contributed by atoms with E-state index >= 15 is 0 Å². The average molecular weight is 251 g/mol. The van der Waals surface area contributed by atoms with Crippen molar-refractivity contribution in [3.05, 3.63) is 23.3 Å². The summed E-state index contributed by atoms with van der Waals surface area (Å²) in [6, 6.07) is 3.63. The second kappa shape index (κ2) is 5.53. The minimum absolute atomic E-state index is 0.538. The molecular weight excluding hydrogens is 234 g/mol. The first-order chi connectivity index (χ1) is 8.42. The first kappa shape index (κ1) is 14.0. The molecule has 98 valence electrons. The van der Waals surface area contributed by atoms with Gasteiger partial charge in [0.2, 0.25) is 0 Å².